The topological polar surface area (TPSA) is 46.2 Å². The minimum Gasteiger partial charge on any atom is -0.346 e. The first-order valence-electron chi connectivity index (χ1n) is 11.7. The Morgan fingerprint density at radius 1 is 0.926 bits per heavy atom. The molecule has 0 aromatic rings. The average molecular weight is 372 g/mol. The quantitative estimate of drug-likeness (QED) is 0.668. The molecule has 0 spiro atoms. The summed E-state index contributed by atoms with van der Waals surface area (Å²) in [7, 11) is 0. The van der Waals surface area contributed by atoms with Crippen LogP contribution in [0.2, 0.25) is 0 Å². The third-order valence-corrected chi connectivity index (χ3v) is 10.4. The van der Waals surface area contributed by atoms with Crippen LogP contribution in [0.5, 0.6) is 0 Å². The lowest BCUT2D eigenvalue weighted by atomic mass is 9.43. The molecular formula is C24H37NO2. The highest BCUT2D eigenvalue weighted by molar-refractivity contribution is 5.95. The van der Waals surface area contributed by atoms with Crippen molar-refractivity contribution in [3.05, 3.63) is 0 Å². The van der Waals surface area contributed by atoms with Gasteiger partial charge in [-0.1, -0.05) is 33.6 Å². The monoisotopic (exact) mass is 371 g/mol. The van der Waals surface area contributed by atoms with Gasteiger partial charge in [0.1, 0.15) is 0 Å². The van der Waals surface area contributed by atoms with Crippen molar-refractivity contribution >= 4 is 11.7 Å². The van der Waals surface area contributed by atoms with Crippen LogP contribution in [0.15, 0.2) is 0 Å². The number of amides is 1. The van der Waals surface area contributed by atoms with Gasteiger partial charge in [0.25, 0.3) is 0 Å². The largest absolute Gasteiger partial charge is 0.346 e. The van der Waals surface area contributed by atoms with E-state index in [2.05, 4.69) is 26.1 Å². The summed E-state index contributed by atoms with van der Waals surface area (Å²) >= 11 is 0. The van der Waals surface area contributed by atoms with Crippen LogP contribution in [0.25, 0.3) is 0 Å². The van der Waals surface area contributed by atoms with Crippen molar-refractivity contribution in [3.8, 4) is 0 Å². The van der Waals surface area contributed by atoms with E-state index in [0.29, 0.717) is 41.8 Å². The lowest BCUT2D eigenvalue weighted by Crippen LogP contribution is -2.67. The molecule has 0 unspecified atom stereocenters. The van der Waals surface area contributed by atoms with E-state index >= 15 is 0 Å². The van der Waals surface area contributed by atoms with Crippen LogP contribution in [-0.4, -0.2) is 17.7 Å². The lowest BCUT2D eigenvalue weighted by molar-refractivity contribution is -0.165. The molecule has 0 aromatic heterocycles. The number of nitrogens with one attached hydrogen (secondary N) is 1. The molecule has 5 fully saturated rings. The van der Waals surface area contributed by atoms with Gasteiger partial charge in [-0.3, -0.25) is 9.59 Å². The van der Waals surface area contributed by atoms with Crippen molar-refractivity contribution in [1.82, 2.24) is 5.32 Å². The minimum atomic E-state index is -0.222. The van der Waals surface area contributed by atoms with E-state index in [0.717, 1.165) is 12.3 Å². The summed E-state index contributed by atoms with van der Waals surface area (Å²) in [5, 5.41) is 3.32. The number of hydrogen-bond acceptors (Lipinski definition) is 2. The molecule has 1 N–H and O–H groups in total. The van der Waals surface area contributed by atoms with Gasteiger partial charge in [-0.05, 0) is 85.9 Å². The van der Waals surface area contributed by atoms with E-state index in [-0.39, 0.29) is 22.8 Å². The second-order valence-corrected chi connectivity index (χ2v) is 11.2. The van der Waals surface area contributed by atoms with Gasteiger partial charge in [0.05, 0.1) is 6.04 Å². The Morgan fingerprint density at radius 3 is 2.52 bits per heavy atom. The average Bonchev–Trinajstić information content (AvgIpc) is 3.00. The Kier molecular flexibility index (Phi) is 4.09. The number of Topliss-reactive ketones (excluding diaryl/α,β-unsaturated/α-hetero) is 1. The Labute approximate surface area is 164 Å². The number of carbonyl (C=O) groups excluding carboxylic acids is 2. The van der Waals surface area contributed by atoms with Crippen LogP contribution in [0.4, 0.5) is 0 Å². The maximum atomic E-state index is 14.1. The highest BCUT2D eigenvalue weighted by Gasteiger charge is 2.67. The molecule has 4 saturated carbocycles. The second kappa shape index (κ2) is 6.07. The highest BCUT2D eigenvalue weighted by atomic mass is 16.2. The van der Waals surface area contributed by atoms with Gasteiger partial charge >= 0.3 is 0 Å². The van der Waals surface area contributed by atoms with Crippen molar-refractivity contribution < 1.29 is 9.59 Å². The molecule has 3 heteroatoms. The molecule has 0 radical (unpaired) electrons. The molecule has 1 heterocycles. The summed E-state index contributed by atoms with van der Waals surface area (Å²) in [6, 6.07) is -0.222. The third-order valence-electron chi connectivity index (χ3n) is 10.4. The molecular weight excluding hydrogens is 334 g/mol. The first kappa shape index (κ1) is 18.2. The minimum absolute atomic E-state index is 0.127. The summed E-state index contributed by atoms with van der Waals surface area (Å²) in [6.07, 6.45) is 11.8. The first-order chi connectivity index (χ1) is 12.9. The fourth-order valence-corrected chi connectivity index (χ4v) is 9.08. The number of ketones is 1. The summed E-state index contributed by atoms with van der Waals surface area (Å²) < 4.78 is 0. The van der Waals surface area contributed by atoms with Crippen molar-refractivity contribution in [2.75, 3.05) is 0 Å². The standard InChI is InChI=1S/C24H37NO2/c1-14-7-12-19(26)25-21-20-16(9-8-15-6-4-5-13-23(15,20)2)18-11-10-17(14)24(18,3)22(21)27/h14-18,20-21H,4-13H2,1-3H3,(H,25,26)/t14-,15-,16+,17-,18+,20-,21+,23+,24-/m1/s1. The maximum absolute atomic E-state index is 14.1. The van der Waals surface area contributed by atoms with Crippen LogP contribution in [0.1, 0.15) is 85.0 Å². The van der Waals surface area contributed by atoms with Crippen LogP contribution >= 0.6 is 0 Å². The number of hydrogen-bond donors (Lipinski definition) is 1. The molecule has 27 heavy (non-hydrogen) atoms. The Balaban J connectivity index is 1.63. The van der Waals surface area contributed by atoms with Crippen LogP contribution in [-0.2, 0) is 9.59 Å². The van der Waals surface area contributed by atoms with Crippen molar-refractivity contribution in [3.63, 3.8) is 0 Å². The maximum Gasteiger partial charge on any atom is 0.220 e. The van der Waals surface area contributed by atoms with Crippen LogP contribution < -0.4 is 5.32 Å². The van der Waals surface area contributed by atoms with Crippen LogP contribution in [0, 0.1) is 46.3 Å². The Hall–Kier alpha value is -0.860. The Morgan fingerprint density at radius 2 is 1.70 bits per heavy atom. The van der Waals surface area contributed by atoms with Gasteiger partial charge in [-0.2, -0.15) is 0 Å². The van der Waals surface area contributed by atoms with E-state index < -0.39 is 0 Å². The normalized spacial score (nSPS) is 54.9. The highest BCUT2D eigenvalue weighted by Crippen LogP contribution is 2.67. The number of carbonyl (C=O) groups is 2. The van der Waals surface area contributed by atoms with Gasteiger partial charge in [0, 0.05) is 11.8 Å². The van der Waals surface area contributed by atoms with E-state index in [1.807, 2.05) is 0 Å². The van der Waals surface area contributed by atoms with E-state index in [1.54, 1.807) is 0 Å². The summed E-state index contributed by atoms with van der Waals surface area (Å²) in [4.78, 5) is 26.8. The summed E-state index contributed by atoms with van der Waals surface area (Å²) in [6.45, 7) is 7.08. The molecule has 1 saturated heterocycles. The van der Waals surface area contributed by atoms with Gasteiger partial charge in [0.15, 0.2) is 5.78 Å². The molecule has 3 nitrogen and oxygen atoms in total. The Bertz CT molecular complexity index is 659. The van der Waals surface area contributed by atoms with Gasteiger partial charge in [0.2, 0.25) is 5.91 Å². The molecule has 2 bridgehead atoms. The zero-order valence-electron chi connectivity index (χ0n) is 17.4. The zero-order valence-corrected chi connectivity index (χ0v) is 17.4. The fourth-order valence-electron chi connectivity index (χ4n) is 9.08. The van der Waals surface area contributed by atoms with E-state index in [4.69, 9.17) is 0 Å². The van der Waals surface area contributed by atoms with Crippen molar-refractivity contribution in [2.45, 2.75) is 91.0 Å². The third kappa shape index (κ3) is 2.32. The van der Waals surface area contributed by atoms with E-state index in [9.17, 15) is 9.59 Å². The fraction of sp³-hybridized carbons (Fsp3) is 0.917. The second-order valence-electron chi connectivity index (χ2n) is 11.2. The predicted octanol–water partition coefficient (Wildman–Crippen LogP) is 4.74. The SMILES string of the molecule is C[C@@H]1CCC(=O)N[C@@H]2C(=O)[C@]3(C)[C@@H]1CC[C@H]3[C@@H]1CC[C@H]3CCCC[C@]3(C)[C@H]12. The lowest BCUT2D eigenvalue weighted by Gasteiger charge is -2.62. The van der Waals surface area contributed by atoms with Gasteiger partial charge in [-0.25, -0.2) is 0 Å². The van der Waals surface area contributed by atoms with Gasteiger partial charge in [-0.15, -0.1) is 0 Å². The molecule has 150 valence electrons. The zero-order chi connectivity index (χ0) is 19.0. The summed E-state index contributed by atoms with van der Waals surface area (Å²) in [5.41, 5.74) is 0.0363. The molecule has 1 amide bonds. The molecule has 5 aliphatic rings. The predicted molar refractivity (Wildman–Crippen MR) is 106 cm³/mol. The first-order valence-corrected chi connectivity index (χ1v) is 11.7. The van der Waals surface area contributed by atoms with Crippen LogP contribution in [0.3, 0.4) is 0 Å². The molecule has 1 aliphatic heterocycles. The number of rotatable bonds is 0. The van der Waals surface area contributed by atoms with Crippen molar-refractivity contribution in [1.29, 1.82) is 0 Å². The summed E-state index contributed by atoms with van der Waals surface area (Å²) in [5.74, 6) is 3.80. The molecule has 9 atom stereocenters. The van der Waals surface area contributed by atoms with E-state index in [1.165, 1.54) is 51.4 Å². The smallest absolute Gasteiger partial charge is 0.220 e. The molecule has 5 rings (SSSR count). The molecule has 4 aliphatic carbocycles. The molecule has 0 aromatic carbocycles. The van der Waals surface area contributed by atoms with Crippen molar-refractivity contribution in [2.24, 2.45) is 46.3 Å². The van der Waals surface area contributed by atoms with Gasteiger partial charge < -0.3 is 5.32 Å². The number of fused-ring (bicyclic) bond motifs is 6.